The second kappa shape index (κ2) is 11.2. The molecule has 0 aliphatic carbocycles. The zero-order chi connectivity index (χ0) is 23.8. The van der Waals surface area contributed by atoms with Crippen molar-refractivity contribution in [3.8, 4) is 23.0 Å². The van der Waals surface area contributed by atoms with Gasteiger partial charge >= 0.3 is 0 Å². The van der Waals surface area contributed by atoms with Crippen LogP contribution in [0.4, 0.5) is 0 Å². The predicted octanol–water partition coefficient (Wildman–Crippen LogP) is 2.72. The summed E-state index contributed by atoms with van der Waals surface area (Å²) in [4.78, 5) is 27.2. The molecule has 0 spiro atoms. The van der Waals surface area contributed by atoms with E-state index in [0.717, 1.165) is 0 Å². The molecule has 2 aromatic rings. The van der Waals surface area contributed by atoms with Crippen LogP contribution in [0.3, 0.4) is 0 Å². The summed E-state index contributed by atoms with van der Waals surface area (Å²) in [5.74, 6) is 1.71. The lowest BCUT2D eigenvalue weighted by Crippen LogP contribution is -2.42. The number of nitrogens with one attached hydrogen (secondary N) is 1. The molecule has 1 aliphatic rings. The fourth-order valence-electron chi connectivity index (χ4n) is 3.73. The van der Waals surface area contributed by atoms with Crippen LogP contribution >= 0.6 is 0 Å². The lowest BCUT2D eigenvalue weighted by molar-refractivity contribution is -0.126. The summed E-state index contributed by atoms with van der Waals surface area (Å²) in [6, 6.07) is 10.5. The van der Waals surface area contributed by atoms with E-state index in [9.17, 15) is 9.59 Å². The molecular weight excluding hydrogens is 426 g/mol. The topological polar surface area (TPSA) is 98.7 Å². The summed E-state index contributed by atoms with van der Waals surface area (Å²) >= 11 is 0. The van der Waals surface area contributed by atoms with Gasteiger partial charge in [-0.1, -0.05) is 6.07 Å². The van der Waals surface area contributed by atoms with Gasteiger partial charge in [-0.3, -0.25) is 9.59 Å². The Kier molecular flexibility index (Phi) is 8.12. The fraction of sp³-hybridized carbons (Fsp3) is 0.375. The van der Waals surface area contributed by atoms with E-state index in [2.05, 4.69) is 10.5 Å². The number of methoxy groups -OCH3 is 4. The maximum Gasteiger partial charge on any atom is 0.254 e. The van der Waals surface area contributed by atoms with Gasteiger partial charge in [0.05, 0.1) is 34.7 Å². The molecule has 0 saturated carbocycles. The van der Waals surface area contributed by atoms with Gasteiger partial charge in [0.2, 0.25) is 5.91 Å². The van der Waals surface area contributed by atoms with Crippen molar-refractivity contribution in [2.45, 2.75) is 12.8 Å². The van der Waals surface area contributed by atoms with Crippen molar-refractivity contribution >= 4 is 18.0 Å². The van der Waals surface area contributed by atoms with Gasteiger partial charge in [-0.05, 0) is 37.1 Å². The van der Waals surface area contributed by atoms with Crippen LogP contribution in [0.15, 0.2) is 41.5 Å². The number of likely N-dealkylation sites (tertiary alicyclic amines) is 1. The molecule has 9 nitrogen and oxygen atoms in total. The van der Waals surface area contributed by atoms with E-state index in [1.807, 2.05) is 12.1 Å². The molecule has 0 bridgehead atoms. The van der Waals surface area contributed by atoms with E-state index in [1.54, 1.807) is 57.6 Å². The average Bonchev–Trinajstić information content (AvgIpc) is 2.87. The van der Waals surface area contributed by atoms with Crippen LogP contribution in [0.1, 0.15) is 28.8 Å². The summed E-state index contributed by atoms with van der Waals surface area (Å²) < 4.78 is 21.1. The van der Waals surface area contributed by atoms with Crippen molar-refractivity contribution in [3.63, 3.8) is 0 Å². The first-order valence-corrected chi connectivity index (χ1v) is 10.6. The number of carbonyl (C=O) groups excluding carboxylic acids is 2. The van der Waals surface area contributed by atoms with Gasteiger partial charge in [-0.15, -0.1) is 0 Å². The summed E-state index contributed by atoms with van der Waals surface area (Å²) in [7, 11) is 6.19. The number of nitrogens with zero attached hydrogens (tertiary/aromatic N) is 2. The Labute approximate surface area is 193 Å². The predicted molar refractivity (Wildman–Crippen MR) is 123 cm³/mol. The van der Waals surface area contributed by atoms with E-state index in [0.29, 0.717) is 60.1 Å². The normalized spacial score (nSPS) is 14.1. The molecule has 0 aromatic heterocycles. The minimum absolute atomic E-state index is 0.116. The van der Waals surface area contributed by atoms with Crippen molar-refractivity contribution in [2.75, 3.05) is 41.5 Å². The first kappa shape index (κ1) is 23.9. The molecule has 1 aliphatic heterocycles. The van der Waals surface area contributed by atoms with Gasteiger partial charge in [0.1, 0.15) is 11.5 Å². The zero-order valence-electron chi connectivity index (χ0n) is 19.3. The third kappa shape index (κ3) is 5.74. The summed E-state index contributed by atoms with van der Waals surface area (Å²) in [6.07, 6.45) is 2.63. The molecule has 2 amide bonds. The smallest absolute Gasteiger partial charge is 0.254 e. The lowest BCUT2D eigenvalue weighted by atomic mass is 9.95. The number of hydrogen-bond acceptors (Lipinski definition) is 7. The number of hydrogen-bond donors (Lipinski definition) is 1. The Balaban J connectivity index is 1.56. The second-order valence-electron chi connectivity index (χ2n) is 7.48. The largest absolute Gasteiger partial charge is 0.497 e. The van der Waals surface area contributed by atoms with Crippen molar-refractivity contribution in [3.05, 3.63) is 47.5 Å². The molecule has 1 fully saturated rings. The van der Waals surface area contributed by atoms with E-state index in [4.69, 9.17) is 18.9 Å². The summed E-state index contributed by atoms with van der Waals surface area (Å²) in [5, 5.41) is 4.07. The number of ether oxygens (including phenoxy) is 4. The quantitative estimate of drug-likeness (QED) is 0.486. The highest BCUT2D eigenvalue weighted by atomic mass is 16.5. The van der Waals surface area contributed by atoms with Crippen molar-refractivity contribution < 1.29 is 28.5 Å². The molecular formula is C24H29N3O6. The fourth-order valence-corrected chi connectivity index (χ4v) is 3.73. The molecule has 33 heavy (non-hydrogen) atoms. The molecule has 2 aromatic carbocycles. The van der Waals surface area contributed by atoms with Crippen LogP contribution in [0.2, 0.25) is 0 Å². The van der Waals surface area contributed by atoms with Crippen LogP contribution in [-0.4, -0.2) is 64.5 Å². The highest BCUT2D eigenvalue weighted by Gasteiger charge is 2.28. The van der Waals surface area contributed by atoms with E-state index in [1.165, 1.54) is 6.21 Å². The highest BCUT2D eigenvalue weighted by molar-refractivity contribution is 5.95. The van der Waals surface area contributed by atoms with Crippen LogP contribution in [0.25, 0.3) is 0 Å². The van der Waals surface area contributed by atoms with Gasteiger partial charge in [-0.2, -0.15) is 5.10 Å². The number of hydrazone groups is 1. The molecule has 1 heterocycles. The van der Waals surface area contributed by atoms with Crippen LogP contribution in [-0.2, 0) is 4.79 Å². The molecule has 176 valence electrons. The number of carbonyl (C=O) groups is 2. The average molecular weight is 456 g/mol. The minimum Gasteiger partial charge on any atom is -0.497 e. The minimum atomic E-state index is -0.224. The highest BCUT2D eigenvalue weighted by Crippen LogP contribution is 2.29. The van der Waals surface area contributed by atoms with Crippen LogP contribution in [0, 0.1) is 5.92 Å². The Bertz CT molecular complexity index is 993. The number of rotatable bonds is 8. The zero-order valence-corrected chi connectivity index (χ0v) is 19.3. The maximum absolute atomic E-state index is 12.9. The molecule has 1 N–H and O–H groups in total. The van der Waals surface area contributed by atoms with Crippen LogP contribution < -0.4 is 24.4 Å². The molecule has 0 radical (unpaired) electrons. The lowest BCUT2D eigenvalue weighted by Gasteiger charge is -2.31. The number of amides is 2. The van der Waals surface area contributed by atoms with Crippen LogP contribution in [0.5, 0.6) is 23.0 Å². The second-order valence-corrected chi connectivity index (χ2v) is 7.48. The van der Waals surface area contributed by atoms with Crippen molar-refractivity contribution in [1.29, 1.82) is 0 Å². The summed E-state index contributed by atoms with van der Waals surface area (Å²) in [6.45, 7) is 0.952. The monoisotopic (exact) mass is 455 g/mol. The van der Waals surface area contributed by atoms with Gasteiger partial charge in [0.25, 0.3) is 5.91 Å². The number of para-hydroxylation sites is 1. The van der Waals surface area contributed by atoms with Gasteiger partial charge in [0.15, 0.2) is 11.5 Å². The third-order valence-electron chi connectivity index (χ3n) is 5.56. The standard InChI is InChI=1S/C24H29N3O6/c1-30-19-12-18(13-20(14-19)31-2)24(29)27-10-8-16(9-11-27)23(28)26-25-15-17-6-5-7-21(32-3)22(17)33-4/h5-7,12-16H,8-11H2,1-4H3,(H,26,28)/b25-15+. The first-order valence-electron chi connectivity index (χ1n) is 10.6. The van der Waals surface area contributed by atoms with Gasteiger partial charge in [-0.25, -0.2) is 5.43 Å². The Morgan fingerprint density at radius 2 is 1.64 bits per heavy atom. The Morgan fingerprint density at radius 1 is 0.970 bits per heavy atom. The Hall–Kier alpha value is -3.75. The van der Waals surface area contributed by atoms with Gasteiger partial charge < -0.3 is 23.8 Å². The molecule has 1 saturated heterocycles. The Morgan fingerprint density at radius 3 is 2.21 bits per heavy atom. The number of benzene rings is 2. The van der Waals surface area contributed by atoms with Crippen molar-refractivity contribution in [2.24, 2.45) is 11.0 Å². The molecule has 0 unspecified atom stereocenters. The SMILES string of the molecule is COc1cc(OC)cc(C(=O)N2CCC(C(=O)N/N=C/c3cccc(OC)c3OC)CC2)c1. The molecule has 0 atom stereocenters. The molecule has 3 rings (SSSR count). The van der Waals surface area contributed by atoms with Crippen molar-refractivity contribution in [1.82, 2.24) is 10.3 Å². The maximum atomic E-state index is 12.9. The molecule has 9 heteroatoms. The van der Waals surface area contributed by atoms with E-state index < -0.39 is 0 Å². The van der Waals surface area contributed by atoms with Gasteiger partial charge in [0, 0.05) is 36.2 Å². The van der Waals surface area contributed by atoms with E-state index in [-0.39, 0.29) is 17.7 Å². The first-order chi connectivity index (χ1) is 16.0. The third-order valence-corrected chi connectivity index (χ3v) is 5.56. The van der Waals surface area contributed by atoms with E-state index >= 15 is 0 Å². The summed E-state index contributed by atoms with van der Waals surface area (Å²) in [5.41, 5.74) is 3.77. The number of piperidine rings is 1.